The van der Waals surface area contributed by atoms with Gasteiger partial charge < -0.3 is 10.0 Å². The van der Waals surface area contributed by atoms with E-state index in [-0.39, 0.29) is 0 Å². The Kier molecular flexibility index (Phi) is 2.34. The molecule has 11 heavy (non-hydrogen) atoms. The van der Waals surface area contributed by atoms with Gasteiger partial charge in [-0.05, 0) is 22.0 Å². The number of carbonyl (C=O) groups is 1. The molecule has 1 atom stereocenters. The van der Waals surface area contributed by atoms with Crippen molar-refractivity contribution in [2.75, 3.05) is 7.05 Å². The van der Waals surface area contributed by atoms with Gasteiger partial charge in [-0.2, -0.15) is 0 Å². The van der Waals surface area contributed by atoms with Crippen molar-refractivity contribution >= 4 is 21.9 Å². The van der Waals surface area contributed by atoms with Crippen molar-refractivity contribution in [3.63, 3.8) is 0 Å². The molecular formula is C7H8BrNO2. The van der Waals surface area contributed by atoms with Gasteiger partial charge in [0.1, 0.15) is 6.04 Å². The molecule has 0 saturated heterocycles. The number of carboxylic acid groups (broad SMARTS) is 1. The first-order valence-electron chi connectivity index (χ1n) is 3.12. The highest BCUT2D eigenvalue weighted by Gasteiger charge is 2.21. The van der Waals surface area contributed by atoms with Gasteiger partial charge in [0.25, 0.3) is 0 Å². The number of aliphatic carboxylic acids is 1. The molecule has 0 saturated carbocycles. The minimum Gasteiger partial charge on any atom is -0.479 e. The van der Waals surface area contributed by atoms with Gasteiger partial charge in [-0.15, -0.1) is 0 Å². The summed E-state index contributed by atoms with van der Waals surface area (Å²) in [6.45, 7) is 0. The van der Waals surface area contributed by atoms with Crippen LogP contribution in [0.2, 0.25) is 0 Å². The maximum atomic E-state index is 10.6. The van der Waals surface area contributed by atoms with Crippen molar-refractivity contribution in [3.8, 4) is 0 Å². The molecule has 0 aromatic carbocycles. The third-order valence-corrected chi connectivity index (χ3v) is 2.36. The highest BCUT2D eigenvalue weighted by Crippen LogP contribution is 2.18. The number of hydrogen-bond donors (Lipinski definition) is 1. The number of halogens is 1. The van der Waals surface area contributed by atoms with Gasteiger partial charge >= 0.3 is 5.97 Å². The minimum absolute atomic E-state index is 0.547. The van der Waals surface area contributed by atoms with E-state index in [1.807, 2.05) is 0 Å². The maximum absolute atomic E-state index is 10.6. The number of hydrogen-bond acceptors (Lipinski definition) is 2. The van der Waals surface area contributed by atoms with E-state index in [0.29, 0.717) is 0 Å². The molecule has 0 radical (unpaired) electrons. The number of allylic oxidation sites excluding steroid dienone is 2. The lowest BCUT2D eigenvalue weighted by Gasteiger charge is -2.25. The summed E-state index contributed by atoms with van der Waals surface area (Å²) in [5.74, 6) is -0.839. The van der Waals surface area contributed by atoms with Crippen LogP contribution in [0.3, 0.4) is 0 Å². The van der Waals surface area contributed by atoms with E-state index in [2.05, 4.69) is 15.9 Å². The Morgan fingerprint density at radius 3 is 2.91 bits per heavy atom. The third-order valence-electron chi connectivity index (χ3n) is 1.53. The lowest BCUT2D eigenvalue weighted by Crippen LogP contribution is -2.36. The molecule has 0 bridgehead atoms. The Morgan fingerprint density at radius 1 is 1.82 bits per heavy atom. The summed E-state index contributed by atoms with van der Waals surface area (Å²) in [5.41, 5.74) is 0. The summed E-state index contributed by atoms with van der Waals surface area (Å²) in [6.07, 6.45) is 5.16. The van der Waals surface area contributed by atoms with Gasteiger partial charge in [0.15, 0.2) is 0 Å². The van der Waals surface area contributed by atoms with Crippen LogP contribution < -0.4 is 0 Å². The molecule has 1 heterocycles. The third kappa shape index (κ3) is 1.63. The number of carboxylic acids is 1. The molecule has 1 aliphatic heterocycles. The Labute approximate surface area is 73.1 Å². The normalized spacial score (nSPS) is 23.3. The Hall–Kier alpha value is -0.770. The largest absolute Gasteiger partial charge is 0.479 e. The van der Waals surface area contributed by atoms with E-state index >= 15 is 0 Å². The molecule has 4 heteroatoms. The zero-order chi connectivity index (χ0) is 8.43. The molecule has 3 nitrogen and oxygen atoms in total. The van der Waals surface area contributed by atoms with Crippen LogP contribution in [-0.4, -0.2) is 29.1 Å². The van der Waals surface area contributed by atoms with E-state index in [4.69, 9.17) is 5.11 Å². The predicted octanol–water partition coefficient (Wildman–Crippen LogP) is 1.18. The lowest BCUT2D eigenvalue weighted by atomic mass is 10.2. The van der Waals surface area contributed by atoms with Crippen LogP contribution in [0.1, 0.15) is 0 Å². The van der Waals surface area contributed by atoms with Crippen molar-refractivity contribution in [1.82, 2.24) is 4.90 Å². The predicted molar refractivity (Wildman–Crippen MR) is 45.3 cm³/mol. The summed E-state index contributed by atoms with van der Waals surface area (Å²) in [6, 6.07) is -0.547. The molecule has 60 valence electrons. The minimum atomic E-state index is -0.839. The molecule has 0 amide bonds. The zero-order valence-corrected chi connectivity index (χ0v) is 7.58. The summed E-state index contributed by atoms with van der Waals surface area (Å²) < 4.78 is 0.785. The fourth-order valence-electron chi connectivity index (χ4n) is 0.868. The van der Waals surface area contributed by atoms with Crippen molar-refractivity contribution in [2.24, 2.45) is 0 Å². The van der Waals surface area contributed by atoms with Gasteiger partial charge in [0, 0.05) is 7.05 Å². The van der Waals surface area contributed by atoms with Crippen LogP contribution in [-0.2, 0) is 4.79 Å². The first-order valence-corrected chi connectivity index (χ1v) is 3.92. The van der Waals surface area contributed by atoms with Gasteiger partial charge in [-0.25, -0.2) is 4.79 Å². The highest BCUT2D eigenvalue weighted by molar-refractivity contribution is 9.11. The first kappa shape index (κ1) is 8.33. The second-order valence-corrected chi connectivity index (χ2v) is 3.08. The standard InChI is InChI=1S/C7H8BrNO2/c1-9-5(7(10)11)3-2-4-6(9)8/h2-5H,1H3,(H,10,11). The average molecular weight is 218 g/mol. The molecule has 0 spiro atoms. The first-order chi connectivity index (χ1) is 5.13. The smallest absolute Gasteiger partial charge is 0.330 e. The van der Waals surface area contributed by atoms with E-state index in [1.54, 1.807) is 30.2 Å². The topological polar surface area (TPSA) is 40.5 Å². The summed E-state index contributed by atoms with van der Waals surface area (Å²) in [4.78, 5) is 12.2. The number of likely N-dealkylation sites (N-methyl/N-ethyl adjacent to an activating group) is 1. The fraction of sp³-hybridized carbons (Fsp3) is 0.286. The molecule has 0 aliphatic carbocycles. The molecule has 1 N–H and O–H groups in total. The summed E-state index contributed by atoms with van der Waals surface area (Å²) in [5, 5.41) is 8.69. The summed E-state index contributed by atoms with van der Waals surface area (Å²) >= 11 is 3.23. The molecule has 1 aliphatic rings. The molecular weight excluding hydrogens is 210 g/mol. The van der Waals surface area contributed by atoms with Crippen LogP contribution in [0.25, 0.3) is 0 Å². The van der Waals surface area contributed by atoms with Crippen molar-refractivity contribution in [2.45, 2.75) is 6.04 Å². The van der Waals surface area contributed by atoms with Crippen LogP contribution >= 0.6 is 15.9 Å². The van der Waals surface area contributed by atoms with Gasteiger partial charge in [-0.1, -0.05) is 12.2 Å². The molecule has 0 fully saturated rings. The monoisotopic (exact) mass is 217 g/mol. The Balaban J connectivity index is 2.81. The van der Waals surface area contributed by atoms with Crippen LogP contribution in [0, 0.1) is 0 Å². The second kappa shape index (κ2) is 3.09. The maximum Gasteiger partial charge on any atom is 0.330 e. The van der Waals surface area contributed by atoms with E-state index in [0.717, 1.165) is 4.61 Å². The molecule has 1 unspecified atom stereocenters. The Morgan fingerprint density at radius 2 is 2.45 bits per heavy atom. The summed E-state index contributed by atoms with van der Waals surface area (Å²) in [7, 11) is 1.73. The van der Waals surface area contributed by atoms with Crippen molar-refractivity contribution in [3.05, 3.63) is 22.8 Å². The zero-order valence-electron chi connectivity index (χ0n) is 5.99. The highest BCUT2D eigenvalue weighted by atomic mass is 79.9. The molecule has 0 aromatic heterocycles. The Bertz CT molecular complexity index is 235. The van der Waals surface area contributed by atoms with Gasteiger partial charge in [-0.3, -0.25) is 0 Å². The van der Waals surface area contributed by atoms with E-state index in [1.165, 1.54) is 0 Å². The van der Waals surface area contributed by atoms with E-state index < -0.39 is 12.0 Å². The molecule has 1 rings (SSSR count). The van der Waals surface area contributed by atoms with Crippen molar-refractivity contribution < 1.29 is 9.90 Å². The lowest BCUT2D eigenvalue weighted by molar-refractivity contribution is -0.140. The fourth-order valence-corrected chi connectivity index (χ4v) is 1.24. The van der Waals surface area contributed by atoms with Crippen molar-refractivity contribution in [1.29, 1.82) is 0 Å². The van der Waals surface area contributed by atoms with Gasteiger partial charge in [0.2, 0.25) is 0 Å². The van der Waals surface area contributed by atoms with Crippen LogP contribution in [0.5, 0.6) is 0 Å². The quantitative estimate of drug-likeness (QED) is 0.671. The average Bonchev–Trinajstić information content (AvgIpc) is 1.94. The second-order valence-electron chi connectivity index (χ2n) is 2.27. The number of nitrogens with zero attached hydrogens (tertiary/aromatic N) is 1. The van der Waals surface area contributed by atoms with E-state index in [9.17, 15) is 4.79 Å². The SMILES string of the molecule is CN1C(Br)=CC=CC1C(=O)O. The van der Waals surface area contributed by atoms with Crippen LogP contribution in [0.4, 0.5) is 0 Å². The molecule has 0 aromatic rings. The number of rotatable bonds is 1. The van der Waals surface area contributed by atoms with Gasteiger partial charge in [0.05, 0.1) is 4.61 Å². The van der Waals surface area contributed by atoms with Crippen LogP contribution in [0.15, 0.2) is 22.8 Å².